The fourth-order valence-corrected chi connectivity index (χ4v) is 3.61. The highest BCUT2D eigenvalue weighted by atomic mass is 35.5. The Kier molecular flexibility index (Phi) is 4.13. The summed E-state index contributed by atoms with van der Waals surface area (Å²) in [7, 11) is 0. The second-order valence-electron chi connectivity index (χ2n) is 6.17. The Balaban J connectivity index is 1.62. The molecule has 0 spiro atoms. The number of rotatable bonds is 2. The fourth-order valence-electron chi connectivity index (χ4n) is 3.37. The first-order chi connectivity index (χ1) is 12.1. The van der Waals surface area contributed by atoms with Gasteiger partial charge in [0.05, 0.1) is 10.6 Å². The average Bonchev–Trinajstić information content (AvgIpc) is 3.06. The third-order valence-corrected chi connectivity index (χ3v) is 4.91. The maximum absolute atomic E-state index is 14.1. The van der Waals surface area contributed by atoms with Gasteiger partial charge < -0.3 is 4.90 Å². The zero-order valence-corrected chi connectivity index (χ0v) is 14.2. The lowest BCUT2D eigenvalue weighted by Gasteiger charge is -2.32. The lowest BCUT2D eigenvalue weighted by Crippen LogP contribution is -2.40. The van der Waals surface area contributed by atoms with Crippen LogP contribution < -0.4 is 0 Å². The van der Waals surface area contributed by atoms with E-state index in [0.717, 1.165) is 24.3 Å². The van der Waals surface area contributed by atoms with Crippen LogP contribution in [0.5, 0.6) is 0 Å². The molecule has 1 saturated heterocycles. The van der Waals surface area contributed by atoms with E-state index in [2.05, 4.69) is 10.2 Å². The number of pyridine rings is 1. The zero-order valence-electron chi connectivity index (χ0n) is 13.4. The molecule has 1 atom stereocenters. The summed E-state index contributed by atoms with van der Waals surface area (Å²) < 4.78 is 16.0. The van der Waals surface area contributed by atoms with E-state index in [1.165, 1.54) is 18.2 Å². The summed E-state index contributed by atoms with van der Waals surface area (Å²) in [5, 5.41) is 8.61. The van der Waals surface area contributed by atoms with Crippen LogP contribution in [-0.2, 0) is 0 Å². The van der Waals surface area contributed by atoms with Crippen molar-refractivity contribution in [2.24, 2.45) is 0 Å². The van der Waals surface area contributed by atoms with Crippen molar-refractivity contribution in [2.45, 2.75) is 18.8 Å². The third kappa shape index (κ3) is 2.87. The largest absolute Gasteiger partial charge is 0.338 e. The van der Waals surface area contributed by atoms with Crippen LogP contribution in [0.4, 0.5) is 4.39 Å². The molecule has 0 bridgehead atoms. The number of nitrogens with zero attached hydrogens (tertiary/aromatic N) is 4. The summed E-state index contributed by atoms with van der Waals surface area (Å²) in [4.78, 5) is 14.4. The lowest BCUT2D eigenvalue weighted by atomic mass is 9.96. The van der Waals surface area contributed by atoms with Gasteiger partial charge in [0.1, 0.15) is 11.6 Å². The van der Waals surface area contributed by atoms with Gasteiger partial charge >= 0.3 is 0 Å². The number of benzene rings is 1. The summed E-state index contributed by atoms with van der Waals surface area (Å²) >= 11 is 6.04. The van der Waals surface area contributed by atoms with Gasteiger partial charge in [-0.05, 0) is 37.1 Å². The highest BCUT2D eigenvalue weighted by Crippen LogP contribution is 2.29. The number of carbonyl (C=O) groups is 1. The minimum atomic E-state index is -0.590. The molecule has 1 aliphatic rings. The van der Waals surface area contributed by atoms with Gasteiger partial charge in [0.2, 0.25) is 0 Å². The normalized spacial score (nSPS) is 17.8. The Morgan fingerprint density at radius 1 is 1.20 bits per heavy atom. The molecule has 0 saturated carbocycles. The Bertz CT molecular complexity index is 921. The number of carbonyl (C=O) groups excluding carboxylic acids is 1. The molecule has 1 amide bonds. The maximum Gasteiger partial charge on any atom is 0.258 e. The standard InChI is InChI=1S/C18H16ClFN4O/c19-13-6-3-7-14(20)16(13)18(25)23-9-4-5-12(11-23)17-22-21-15-8-1-2-10-24(15)17/h1-3,6-8,10,12H,4-5,9,11H2. The zero-order chi connectivity index (χ0) is 17.4. The van der Waals surface area contributed by atoms with Crippen molar-refractivity contribution < 1.29 is 9.18 Å². The average molecular weight is 359 g/mol. The molecule has 4 rings (SSSR count). The van der Waals surface area contributed by atoms with Gasteiger partial charge in [0.25, 0.3) is 5.91 Å². The van der Waals surface area contributed by atoms with E-state index >= 15 is 0 Å². The van der Waals surface area contributed by atoms with Crippen LogP contribution in [0.15, 0.2) is 42.6 Å². The number of hydrogen-bond donors (Lipinski definition) is 0. The molecule has 7 heteroatoms. The Morgan fingerprint density at radius 2 is 2.08 bits per heavy atom. The SMILES string of the molecule is O=C(c1c(F)cccc1Cl)N1CCCC(c2nnc3ccccn23)C1. The minimum absolute atomic E-state index is 0.0562. The van der Waals surface area contributed by atoms with Gasteiger partial charge in [-0.25, -0.2) is 4.39 Å². The molecule has 2 aromatic heterocycles. The molecule has 1 fully saturated rings. The van der Waals surface area contributed by atoms with Gasteiger partial charge in [0, 0.05) is 25.2 Å². The number of halogens is 2. The number of piperidine rings is 1. The van der Waals surface area contributed by atoms with E-state index in [1.54, 1.807) is 4.90 Å². The second-order valence-corrected chi connectivity index (χ2v) is 6.58. The maximum atomic E-state index is 14.1. The first kappa shape index (κ1) is 16.0. The predicted octanol–water partition coefficient (Wildman–Crippen LogP) is 3.54. The summed E-state index contributed by atoms with van der Waals surface area (Å²) in [6.45, 7) is 1.05. The van der Waals surface area contributed by atoms with Crippen LogP contribution in [0.25, 0.3) is 5.65 Å². The molecule has 0 aliphatic carbocycles. The number of aromatic nitrogens is 3. The molecule has 0 radical (unpaired) electrons. The lowest BCUT2D eigenvalue weighted by molar-refractivity contribution is 0.0699. The van der Waals surface area contributed by atoms with Crippen molar-refractivity contribution in [3.05, 3.63) is 64.8 Å². The topological polar surface area (TPSA) is 50.5 Å². The smallest absolute Gasteiger partial charge is 0.258 e. The summed E-state index contributed by atoms with van der Waals surface area (Å²) in [5.41, 5.74) is 0.717. The summed E-state index contributed by atoms with van der Waals surface area (Å²) in [5.74, 6) is -0.0810. The predicted molar refractivity (Wildman–Crippen MR) is 92.3 cm³/mol. The first-order valence-corrected chi connectivity index (χ1v) is 8.56. The highest BCUT2D eigenvalue weighted by Gasteiger charge is 2.30. The molecular weight excluding hydrogens is 343 g/mol. The monoisotopic (exact) mass is 358 g/mol. The minimum Gasteiger partial charge on any atom is -0.338 e. The number of fused-ring (bicyclic) bond motifs is 1. The number of likely N-dealkylation sites (tertiary alicyclic amines) is 1. The van der Waals surface area contributed by atoms with E-state index in [4.69, 9.17) is 11.6 Å². The van der Waals surface area contributed by atoms with Crippen LogP contribution in [0, 0.1) is 5.82 Å². The van der Waals surface area contributed by atoms with Crippen LogP contribution in [-0.4, -0.2) is 38.5 Å². The molecule has 3 aromatic rings. The molecule has 128 valence electrons. The van der Waals surface area contributed by atoms with Crippen molar-refractivity contribution in [1.29, 1.82) is 0 Å². The van der Waals surface area contributed by atoms with E-state index in [-0.39, 0.29) is 22.4 Å². The molecule has 1 aromatic carbocycles. The van der Waals surface area contributed by atoms with Crippen LogP contribution in [0.1, 0.15) is 34.9 Å². The van der Waals surface area contributed by atoms with Crippen molar-refractivity contribution in [3.8, 4) is 0 Å². The molecule has 3 heterocycles. The van der Waals surface area contributed by atoms with Crippen molar-refractivity contribution in [3.63, 3.8) is 0 Å². The first-order valence-electron chi connectivity index (χ1n) is 8.18. The van der Waals surface area contributed by atoms with Gasteiger partial charge in [0.15, 0.2) is 5.65 Å². The van der Waals surface area contributed by atoms with Gasteiger partial charge in [-0.2, -0.15) is 0 Å². The number of hydrogen-bond acceptors (Lipinski definition) is 3. The fraction of sp³-hybridized carbons (Fsp3) is 0.278. The van der Waals surface area contributed by atoms with Gasteiger partial charge in [-0.1, -0.05) is 23.7 Å². The van der Waals surface area contributed by atoms with Crippen molar-refractivity contribution >= 4 is 23.2 Å². The molecule has 1 aliphatic heterocycles. The van der Waals surface area contributed by atoms with Crippen LogP contribution >= 0.6 is 11.6 Å². The van der Waals surface area contributed by atoms with Crippen molar-refractivity contribution in [1.82, 2.24) is 19.5 Å². The quantitative estimate of drug-likeness (QED) is 0.704. The Labute approximate surface area is 149 Å². The second kappa shape index (κ2) is 6.44. The summed E-state index contributed by atoms with van der Waals surface area (Å²) in [6.07, 6.45) is 3.65. The van der Waals surface area contributed by atoms with E-state index in [1.807, 2.05) is 28.8 Å². The molecular formula is C18H16ClFN4O. The Morgan fingerprint density at radius 3 is 2.92 bits per heavy atom. The van der Waals surface area contributed by atoms with Crippen molar-refractivity contribution in [2.75, 3.05) is 13.1 Å². The molecule has 0 N–H and O–H groups in total. The van der Waals surface area contributed by atoms with Crippen LogP contribution in [0.2, 0.25) is 5.02 Å². The molecule has 5 nitrogen and oxygen atoms in total. The number of amides is 1. The van der Waals surface area contributed by atoms with Gasteiger partial charge in [-0.3, -0.25) is 9.20 Å². The van der Waals surface area contributed by atoms with E-state index < -0.39 is 5.82 Å². The molecule has 1 unspecified atom stereocenters. The third-order valence-electron chi connectivity index (χ3n) is 4.59. The van der Waals surface area contributed by atoms with E-state index in [0.29, 0.717) is 13.1 Å². The van der Waals surface area contributed by atoms with E-state index in [9.17, 15) is 9.18 Å². The Hall–Kier alpha value is -2.47. The highest BCUT2D eigenvalue weighted by molar-refractivity contribution is 6.33. The molecule has 25 heavy (non-hydrogen) atoms. The summed E-state index contributed by atoms with van der Waals surface area (Å²) in [6, 6.07) is 10.0. The van der Waals surface area contributed by atoms with Crippen LogP contribution in [0.3, 0.4) is 0 Å². The van der Waals surface area contributed by atoms with Gasteiger partial charge in [-0.15, -0.1) is 10.2 Å².